The molecule has 80 valence electrons. The summed E-state index contributed by atoms with van der Waals surface area (Å²) in [5, 5.41) is 2.79. The summed E-state index contributed by atoms with van der Waals surface area (Å²) in [6.45, 7) is 5.07. The summed E-state index contributed by atoms with van der Waals surface area (Å²) < 4.78 is 0. The van der Waals surface area contributed by atoms with Gasteiger partial charge in [0.1, 0.15) is 0 Å². The second kappa shape index (κ2) is 5.81. The summed E-state index contributed by atoms with van der Waals surface area (Å²) in [5.74, 6) is -0.0789. The standard InChI is InChI=1S/C11H20N2O/c1-3-11(14)12-8-9-13(2)10-6-4-5-7-10/h3,10H,1,4-9H2,2H3,(H,12,14). The van der Waals surface area contributed by atoms with E-state index in [1.54, 1.807) is 0 Å². The third-order valence-electron chi connectivity index (χ3n) is 2.90. The topological polar surface area (TPSA) is 32.3 Å². The van der Waals surface area contributed by atoms with Crippen molar-refractivity contribution < 1.29 is 4.79 Å². The zero-order valence-electron chi connectivity index (χ0n) is 8.96. The Kier molecular flexibility index (Phi) is 4.66. The van der Waals surface area contributed by atoms with E-state index in [0.29, 0.717) is 0 Å². The Hall–Kier alpha value is -0.830. The molecule has 0 heterocycles. The van der Waals surface area contributed by atoms with Crippen LogP contribution >= 0.6 is 0 Å². The maximum Gasteiger partial charge on any atom is 0.243 e. The summed E-state index contributed by atoms with van der Waals surface area (Å²) >= 11 is 0. The first-order valence-corrected chi connectivity index (χ1v) is 5.34. The van der Waals surface area contributed by atoms with Gasteiger partial charge in [-0.1, -0.05) is 19.4 Å². The van der Waals surface area contributed by atoms with Gasteiger partial charge in [0.2, 0.25) is 5.91 Å². The Morgan fingerprint density at radius 2 is 2.21 bits per heavy atom. The SMILES string of the molecule is C=CC(=O)NCCN(C)C1CCCC1. The molecule has 0 spiro atoms. The molecule has 0 aliphatic heterocycles. The van der Waals surface area contributed by atoms with Crippen LogP contribution < -0.4 is 5.32 Å². The fraction of sp³-hybridized carbons (Fsp3) is 0.727. The number of nitrogens with one attached hydrogen (secondary N) is 1. The zero-order chi connectivity index (χ0) is 10.4. The van der Waals surface area contributed by atoms with Crippen molar-refractivity contribution in [1.29, 1.82) is 0 Å². The monoisotopic (exact) mass is 196 g/mol. The molecular formula is C11H20N2O. The molecule has 0 aromatic heterocycles. The summed E-state index contributed by atoms with van der Waals surface area (Å²) in [5.41, 5.74) is 0. The van der Waals surface area contributed by atoms with Gasteiger partial charge in [0.05, 0.1) is 0 Å². The van der Waals surface area contributed by atoms with Gasteiger partial charge in [0.25, 0.3) is 0 Å². The minimum absolute atomic E-state index is 0.0789. The summed E-state index contributed by atoms with van der Waals surface area (Å²) in [6, 6.07) is 0.732. The van der Waals surface area contributed by atoms with E-state index in [2.05, 4.69) is 23.8 Å². The third-order valence-corrected chi connectivity index (χ3v) is 2.90. The second-order valence-corrected chi connectivity index (χ2v) is 3.91. The minimum atomic E-state index is -0.0789. The van der Waals surface area contributed by atoms with Crippen LogP contribution in [-0.2, 0) is 4.79 Å². The number of nitrogens with zero attached hydrogens (tertiary/aromatic N) is 1. The number of hydrogen-bond donors (Lipinski definition) is 1. The highest BCUT2D eigenvalue weighted by molar-refractivity contribution is 5.86. The average molecular weight is 196 g/mol. The Morgan fingerprint density at radius 3 is 2.79 bits per heavy atom. The number of likely N-dealkylation sites (N-methyl/N-ethyl adjacent to an activating group) is 1. The lowest BCUT2D eigenvalue weighted by molar-refractivity contribution is -0.116. The van der Waals surface area contributed by atoms with Gasteiger partial charge in [-0.25, -0.2) is 0 Å². The van der Waals surface area contributed by atoms with Crippen molar-refractivity contribution in [3.05, 3.63) is 12.7 Å². The molecular weight excluding hydrogens is 176 g/mol. The van der Waals surface area contributed by atoms with Gasteiger partial charge < -0.3 is 10.2 Å². The molecule has 0 bridgehead atoms. The first-order chi connectivity index (χ1) is 6.74. The largest absolute Gasteiger partial charge is 0.351 e. The van der Waals surface area contributed by atoms with E-state index in [1.165, 1.54) is 31.8 Å². The van der Waals surface area contributed by atoms with Crippen molar-refractivity contribution in [2.45, 2.75) is 31.7 Å². The third kappa shape index (κ3) is 3.50. The molecule has 1 aliphatic carbocycles. The summed E-state index contributed by atoms with van der Waals surface area (Å²) in [7, 11) is 2.13. The fourth-order valence-corrected chi connectivity index (χ4v) is 1.96. The lowest BCUT2D eigenvalue weighted by atomic mass is 10.2. The van der Waals surface area contributed by atoms with Gasteiger partial charge in [-0.15, -0.1) is 0 Å². The normalized spacial score (nSPS) is 17.3. The van der Waals surface area contributed by atoms with Crippen LogP contribution in [-0.4, -0.2) is 37.0 Å². The van der Waals surface area contributed by atoms with E-state index in [-0.39, 0.29) is 5.91 Å². The fourth-order valence-electron chi connectivity index (χ4n) is 1.96. The smallest absolute Gasteiger partial charge is 0.243 e. The molecule has 1 amide bonds. The highest BCUT2D eigenvalue weighted by Crippen LogP contribution is 2.21. The van der Waals surface area contributed by atoms with E-state index in [4.69, 9.17) is 0 Å². The Labute approximate surface area is 86.2 Å². The van der Waals surface area contributed by atoms with Crippen molar-refractivity contribution in [2.24, 2.45) is 0 Å². The van der Waals surface area contributed by atoms with Crippen LogP contribution in [0.15, 0.2) is 12.7 Å². The van der Waals surface area contributed by atoms with Gasteiger partial charge >= 0.3 is 0 Å². The van der Waals surface area contributed by atoms with Crippen LogP contribution in [0.1, 0.15) is 25.7 Å². The highest BCUT2D eigenvalue weighted by atomic mass is 16.1. The number of hydrogen-bond acceptors (Lipinski definition) is 2. The Bertz CT molecular complexity index is 197. The van der Waals surface area contributed by atoms with Gasteiger partial charge in [-0.05, 0) is 26.0 Å². The molecule has 0 radical (unpaired) electrons. The van der Waals surface area contributed by atoms with E-state index in [9.17, 15) is 4.79 Å². The molecule has 0 saturated heterocycles. The molecule has 1 aliphatic rings. The van der Waals surface area contributed by atoms with E-state index >= 15 is 0 Å². The highest BCUT2D eigenvalue weighted by Gasteiger charge is 2.18. The van der Waals surface area contributed by atoms with Crippen LogP contribution in [0.25, 0.3) is 0 Å². The van der Waals surface area contributed by atoms with Gasteiger partial charge in [-0.3, -0.25) is 4.79 Å². The van der Waals surface area contributed by atoms with Crippen LogP contribution in [0.4, 0.5) is 0 Å². The van der Waals surface area contributed by atoms with Gasteiger partial charge in [0, 0.05) is 19.1 Å². The molecule has 0 unspecified atom stereocenters. The quantitative estimate of drug-likeness (QED) is 0.669. The number of rotatable bonds is 5. The molecule has 1 fully saturated rings. The molecule has 0 aromatic rings. The number of amides is 1. The lowest BCUT2D eigenvalue weighted by Gasteiger charge is -2.23. The molecule has 14 heavy (non-hydrogen) atoms. The zero-order valence-corrected chi connectivity index (χ0v) is 8.96. The van der Waals surface area contributed by atoms with E-state index in [1.807, 2.05) is 0 Å². The maximum absolute atomic E-state index is 10.9. The molecule has 1 N–H and O–H groups in total. The Morgan fingerprint density at radius 1 is 1.57 bits per heavy atom. The first kappa shape index (κ1) is 11.2. The van der Waals surface area contributed by atoms with Crippen LogP contribution in [0.5, 0.6) is 0 Å². The predicted octanol–water partition coefficient (Wildman–Crippen LogP) is 1.16. The van der Waals surface area contributed by atoms with Gasteiger partial charge in [-0.2, -0.15) is 0 Å². The maximum atomic E-state index is 10.9. The van der Waals surface area contributed by atoms with Crippen LogP contribution in [0, 0.1) is 0 Å². The van der Waals surface area contributed by atoms with Crippen molar-refractivity contribution >= 4 is 5.91 Å². The summed E-state index contributed by atoms with van der Waals surface area (Å²) in [6.07, 6.45) is 6.65. The van der Waals surface area contributed by atoms with Crippen molar-refractivity contribution in [2.75, 3.05) is 20.1 Å². The van der Waals surface area contributed by atoms with Crippen molar-refractivity contribution in [3.63, 3.8) is 0 Å². The minimum Gasteiger partial charge on any atom is -0.351 e. The second-order valence-electron chi connectivity index (χ2n) is 3.91. The van der Waals surface area contributed by atoms with E-state index in [0.717, 1.165) is 19.1 Å². The lowest BCUT2D eigenvalue weighted by Crippen LogP contribution is -2.36. The van der Waals surface area contributed by atoms with Crippen LogP contribution in [0.2, 0.25) is 0 Å². The van der Waals surface area contributed by atoms with Crippen LogP contribution in [0.3, 0.4) is 0 Å². The number of carbonyl (C=O) groups excluding carboxylic acids is 1. The van der Waals surface area contributed by atoms with Crippen molar-refractivity contribution in [3.8, 4) is 0 Å². The average Bonchev–Trinajstić information content (AvgIpc) is 2.70. The molecule has 0 aromatic carbocycles. The number of carbonyl (C=O) groups is 1. The van der Waals surface area contributed by atoms with Crippen molar-refractivity contribution in [1.82, 2.24) is 10.2 Å². The van der Waals surface area contributed by atoms with E-state index < -0.39 is 0 Å². The molecule has 1 saturated carbocycles. The predicted molar refractivity (Wildman–Crippen MR) is 58.1 cm³/mol. The van der Waals surface area contributed by atoms with Gasteiger partial charge in [0.15, 0.2) is 0 Å². The Balaban J connectivity index is 2.10. The molecule has 1 rings (SSSR count). The first-order valence-electron chi connectivity index (χ1n) is 5.34. The molecule has 0 atom stereocenters. The molecule has 3 heteroatoms. The summed E-state index contributed by atoms with van der Waals surface area (Å²) in [4.78, 5) is 13.2. The molecule has 3 nitrogen and oxygen atoms in total.